The van der Waals surface area contributed by atoms with Gasteiger partial charge in [-0.25, -0.2) is 0 Å². The first-order valence-electron chi connectivity index (χ1n) is 9.66. The lowest BCUT2D eigenvalue weighted by Gasteiger charge is -2.14. The van der Waals surface area contributed by atoms with Gasteiger partial charge in [-0.2, -0.15) is 0 Å². The summed E-state index contributed by atoms with van der Waals surface area (Å²) in [7, 11) is 3.22. The second-order valence-electron chi connectivity index (χ2n) is 7.08. The molecule has 1 heterocycles. The van der Waals surface area contributed by atoms with Crippen molar-refractivity contribution in [3.63, 3.8) is 0 Å². The highest BCUT2D eigenvalue weighted by Crippen LogP contribution is 2.38. The standard InChI is InChI=1S/C25H23NO4/c1-16-6-8-17(9-7-16)21-12-19(25(27)26-15-20-5-4-10-30-20)11-18-13-23(28-2)24(29-3)14-22(18)21/h4-14H,15H2,1-3H3,(H,26,27). The predicted molar refractivity (Wildman–Crippen MR) is 117 cm³/mol. The fourth-order valence-electron chi connectivity index (χ4n) is 3.48. The fourth-order valence-corrected chi connectivity index (χ4v) is 3.48. The van der Waals surface area contributed by atoms with Crippen LogP contribution in [0.15, 0.2) is 71.3 Å². The van der Waals surface area contributed by atoms with E-state index in [-0.39, 0.29) is 5.91 Å². The number of carbonyl (C=O) groups is 1. The number of methoxy groups -OCH3 is 2. The molecular weight excluding hydrogens is 378 g/mol. The third kappa shape index (κ3) is 3.87. The third-order valence-electron chi connectivity index (χ3n) is 5.08. The van der Waals surface area contributed by atoms with Gasteiger partial charge in [-0.3, -0.25) is 4.79 Å². The van der Waals surface area contributed by atoms with Gasteiger partial charge in [0.2, 0.25) is 0 Å². The predicted octanol–water partition coefficient (Wildman–Crippen LogP) is 5.36. The highest BCUT2D eigenvalue weighted by molar-refractivity contribution is 6.05. The SMILES string of the molecule is COc1cc2cc(C(=O)NCc3ccco3)cc(-c3ccc(C)cc3)c2cc1OC. The Bertz CT molecular complexity index is 1180. The average molecular weight is 401 g/mol. The number of aryl methyl sites for hydroxylation is 1. The maximum Gasteiger partial charge on any atom is 0.251 e. The molecule has 0 unspecified atom stereocenters. The summed E-state index contributed by atoms with van der Waals surface area (Å²) in [5, 5.41) is 4.80. The van der Waals surface area contributed by atoms with Gasteiger partial charge in [-0.15, -0.1) is 0 Å². The summed E-state index contributed by atoms with van der Waals surface area (Å²) < 4.78 is 16.3. The van der Waals surface area contributed by atoms with E-state index in [1.807, 2.05) is 37.3 Å². The van der Waals surface area contributed by atoms with Crippen molar-refractivity contribution in [3.05, 3.63) is 83.8 Å². The zero-order valence-electron chi connectivity index (χ0n) is 17.2. The first-order chi connectivity index (χ1) is 14.6. The zero-order chi connectivity index (χ0) is 21.1. The van der Waals surface area contributed by atoms with Crippen molar-refractivity contribution < 1.29 is 18.7 Å². The van der Waals surface area contributed by atoms with E-state index in [1.54, 1.807) is 26.5 Å². The van der Waals surface area contributed by atoms with E-state index in [9.17, 15) is 4.79 Å². The van der Waals surface area contributed by atoms with Crippen LogP contribution in [0.25, 0.3) is 21.9 Å². The molecule has 30 heavy (non-hydrogen) atoms. The van der Waals surface area contributed by atoms with E-state index in [4.69, 9.17) is 13.9 Å². The van der Waals surface area contributed by atoms with Gasteiger partial charge in [-0.1, -0.05) is 29.8 Å². The van der Waals surface area contributed by atoms with E-state index < -0.39 is 0 Å². The quantitative estimate of drug-likeness (QED) is 0.473. The molecule has 0 atom stereocenters. The summed E-state index contributed by atoms with van der Waals surface area (Å²) in [6.07, 6.45) is 1.59. The highest BCUT2D eigenvalue weighted by atomic mass is 16.5. The number of nitrogens with one attached hydrogen (secondary N) is 1. The molecule has 4 rings (SSSR count). The Morgan fingerprint density at radius 1 is 0.967 bits per heavy atom. The zero-order valence-corrected chi connectivity index (χ0v) is 17.2. The number of hydrogen-bond donors (Lipinski definition) is 1. The topological polar surface area (TPSA) is 60.7 Å². The maximum atomic E-state index is 12.9. The molecule has 1 amide bonds. The van der Waals surface area contributed by atoms with Crippen LogP contribution in [0.3, 0.4) is 0 Å². The van der Waals surface area contributed by atoms with Crippen molar-refractivity contribution in [3.8, 4) is 22.6 Å². The Balaban J connectivity index is 1.82. The minimum absolute atomic E-state index is 0.170. The summed E-state index contributed by atoms with van der Waals surface area (Å²) in [6, 6.07) is 19.5. The molecule has 4 aromatic rings. The van der Waals surface area contributed by atoms with Gasteiger partial charge in [0.25, 0.3) is 5.91 Å². The van der Waals surface area contributed by atoms with Crippen LogP contribution in [0.4, 0.5) is 0 Å². The van der Waals surface area contributed by atoms with Crippen LogP contribution >= 0.6 is 0 Å². The molecule has 0 aliphatic heterocycles. The lowest BCUT2D eigenvalue weighted by Crippen LogP contribution is -2.22. The van der Waals surface area contributed by atoms with Crippen LogP contribution in [0.1, 0.15) is 21.7 Å². The second-order valence-corrected chi connectivity index (χ2v) is 7.08. The molecule has 1 N–H and O–H groups in total. The lowest BCUT2D eigenvalue weighted by molar-refractivity contribution is 0.0948. The van der Waals surface area contributed by atoms with Crippen molar-refractivity contribution in [2.45, 2.75) is 13.5 Å². The number of rotatable bonds is 6. The van der Waals surface area contributed by atoms with Crippen LogP contribution in [-0.4, -0.2) is 20.1 Å². The first-order valence-corrected chi connectivity index (χ1v) is 9.66. The molecule has 0 fully saturated rings. The van der Waals surface area contributed by atoms with E-state index in [0.29, 0.717) is 29.4 Å². The van der Waals surface area contributed by atoms with Gasteiger partial charge >= 0.3 is 0 Å². The number of fused-ring (bicyclic) bond motifs is 1. The van der Waals surface area contributed by atoms with E-state index >= 15 is 0 Å². The smallest absolute Gasteiger partial charge is 0.251 e. The molecule has 5 nitrogen and oxygen atoms in total. The summed E-state index contributed by atoms with van der Waals surface area (Å²) in [5.74, 6) is 1.80. The molecule has 152 valence electrons. The number of amides is 1. The van der Waals surface area contributed by atoms with Gasteiger partial charge in [0, 0.05) is 5.56 Å². The van der Waals surface area contributed by atoms with E-state index in [0.717, 1.165) is 21.9 Å². The van der Waals surface area contributed by atoms with Crippen molar-refractivity contribution in [1.82, 2.24) is 5.32 Å². The molecular formula is C25H23NO4. The van der Waals surface area contributed by atoms with E-state index in [1.165, 1.54) is 5.56 Å². The number of furan rings is 1. The van der Waals surface area contributed by atoms with Crippen molar-refractivity contribution in [2.75, 3.05) is 14.2 Å². The molecule has 0 saturated heterocycles. The van der Waals surface area contributed by atoms with Crippen molar-refractivity contribution in [2.24, 2.45) is 0 Å². The molecule has 1 aromatic heterocycles. The molecule has 0 radical (unpaired) electrons. The molecule has 0 aliphatic carbocycles. The monoisotopic (exact) mass is 401 g/mol. The van der Waals surface area contributed by atoms with Crippen LogP contribution in [0.2, 0.25) is 0 Å². The highest BCUT2D eigenvalue weighted by Gasteiger charge is 2.15. The second kappa shape index (κ2) is 8.33. The molecule has 0 spiro atoms. The summed E-state index contributed by atoms with van der Waals surface area (Å²) in [6.45, 7) is 2.38. The fraction of sp³-hybridized carbons (Fsp3) is 0.160. The van der Waals surface area contributed by atoms with Gasteiger partial charge < -0.3 is 19.2 Å². The average Bonchev–Trinajstić information content (AvgIpc) is 3.30. The molecule has 0 aliphatic rings. The third-order valence-corrected chi connectivity index (χ3v) is 5.08. The minimum Gasteiger partial charge on any atom is -0.493 e. The van der Waals surface area contributed by atoms with Crippen LogP contribution in [0, 0.1) is 6.92 Å². The van der Waals surface area contributed by atoms with Crippen molar-refractivity contribution in [1.29, 1.82) is 0 Å². The Hall–Kier alpha value is -3.73. The molecule has 5 heteroatoms. The Morgan fingerprint density at radius 3 is 2.37 bits per heavy atom. The number of carbonyl (C=O) groups excluding carboxylic acids is 1. The van der Waals surface area contributed by atoms with E-state index in [2.05, 4.69) is 29.6 Å². The van der Waals surface area contributed by atoms with Crippen LogP contribution < -0.4 is 14.8 Å². The summed E-state index contributed by atoms with van der Waals surface area (Å²) >= 11 is 0. The first kappa shape index (κ1) is 19.6. The number of hydrogen-bond acceptors (Lipinski definition) is 4. The number of ether oxygens (including phenoxy) is 2. The van der Waals surface area contributed by atoms with Gasteiger partial charge in [0.15, 0.2) is 11.5 Å². The van der Waals surface area contributed by atoms with Crippen molar-refractivity contribution >= 4 is 16.7 Å². The van der Waals surface area contributed by atoms with Crippen LogP contribution in [-0.2, 0) is 6.54 Å². The Morgan fingerprint density at radius 2 is 1.70 bits per heavy atom. The molecule has 0 bridgehead atoms. The van der Waals surface area contributed by atoms with Gasteiger partial charge in [-0.05, 0) is 65.2 Å². The molecule has 3 aromatic carbocycles. The minimum atomic E-state index is -0.170. The van der Waals surface area contributed by atoms with Gasteiger partial charge in [0.1, 0.15) is 5.76 Å². The Labute approximate surface area is 175 Å². The number of benzene rings is 3. The van der Waals surface area contributed by atoms with Crippen LogP contribution in [0.5, 0.6) is 11.5 Å². The summed E-state index contributed by atoms with van der Waals surface area (Å²) in [5.41, 5.74) is 3.72. The Kier molecular flexibility index (Phi) is 5.44. The summed E-state index contributed by atoms with van der Waals surface area (Å²) in [4.78, 5) is 12.9. The van der Waals surface area contributed by atoms with Gasteiger partial charge in [0.05, 0.1) is 27.0 Å². The molecule has 0 saturated carbocycles. The maximum absolute atomic E-state index is 12.9. The largest absolute Gasteiger partial charge is 0.493 e. The normalized spacial score (nSPS) is 10.8. The lowest BCUT2D eigenvalue weighted by atomic mass is 9.94.